The first kappa shape index (κ1) is 24.2. The number of rotatable bonds is 5. The smallest absolute Gasteiger partial charge is 0.290 e. The van der Waals surface area contributed by atoms with Gasteiger partial charge in [0.2, 0.25) is 0 Å². The molecular weight excluding hydrogens is 440 g/mol. The molecule has 0 saturated carbocycles. The molecule has 1 amide bonds. The van der Waals surface area contributed by atoms with E-state index in [1.165, 1.54) is 0 Å². The van der Waals surface area contributed by atoms with E-state index in [1.807, 2.05) is 63.2 Å². The Balaban J connectivity index is 1.64. The van der Waals surface area contributed by atoms with Gasteiger partial charge in [-0.25, -0.2) is 5.10 Å². The second kappa shape index (κ2) is 9.02. The zero-order chi connectivity index (χ0) is 25.5. The second-order valence-corrected chi connectivity index (χ2v) is 10.2. The Morgan fingerprint density at radius 2 is 1.83 bits per heavy atom. The topological polar surface area (TPSA) is 119 Å². The van der Waals surface area contributed by atoms with Crippen molar-refractivity contribution in [1.82, 2.24) is 25.3 Å². The molecule has 1 atom stereocenters. The second-order valence-electron chi connectivity index (χ2n) is 10.2. The fraction of sp³-hybridized carbons (Fsp3) is 0.333. The summed E-state index contributed by atoms with van der Waals surface area (Å²) in [6.07, 6.45) is 0. The number of fused-ring (bicyclic) bond motifs is 1. The summed E-state index contributed by atoms with van der Waals surface area (Å²) in [5.41, 5.74) is 11.2. The molecule has 0 bridgehead atoms. The van der Waals surface area contributed by atoms with Crippen LogP contribution in [0.3, 0.4) is 0 Å². The maximum Gasteiger partial charge on any atom is 0.290 e. The van der Waals surface area contributed by atoms with Gasteiger partial charge in [0.15, 0.2) is 5.82 Å². The molecule has 0 spiro atoms. The number of aromatic nitrogens is 4. The van der Waals surface area contributed by atoms with E-state index in [-0.39, 0.29) is 28.7 Å². The first-order valence-electron chi connectivity index (χ1n) is 11.7. The lowest BCUT2D eigenvalue weighted by Crippen LogP contribution is -2.25. The fourth-order valence-corrected chi connectivity index (χ4v) is 4.00. The normalized spacial score (nSPS) is 12.6. The first-order valence-corrected chi connectivity index (χ1v) is 11.7. The van der Waals surface area contributed by atoms with Gasteiger partial charge in [0.25, 0.3) is 11.5 Å². The molecule has 0 aliphatic heterocycles. The molecule has 182 valence electrons. The number of amides is 1. The highest BCUT2D eigenvalue weighted by Gasteiger charge is 2.28. The van der Waals surface area contributed by atoms with Gasteiger partial charge in [-0.3, -0.25) is 14.3 Å². The lowest BCUT2D eigenvalue weighted by Gasteiger charge is -2.27. The Hall–Kier alpha value is -3.94. The van der Waals surface area contributed by atoms with Crippen LogP contribution in [0.1, 0.15) is 60.8 Å². The van der Waals surface area contributed by atoms with Crippen molar-refractivity contribution in [2.24, 2.45) is 5.41 Å². The number of H-pyrrole nitrogens is 1. The maximum absolute atomic E-state index is 12.7. The van der Waals surface area contributed by atoms with E-state index in [1.54, 1.807) is 4.68 Å². The van der Waals surface area contributed by atoms with Crippen LogP contribution in [0.5, 0.6) is 0 Å². The standard InChI is InChI=1S/C27H32N6O2/c1-15-7-8-16(2)20(13-15)25(34)29-14-18-9-11-19(12-10-18)22-21-23(26(35)31-30-24(21)28)33(32-22)17(3)27(4,5)6/h7-13,17H,14H2,1-6H3,(H2,28,30)(H,29,34)(H,31,35). The number of hydrogen-bond acceptors (Lipinski definition) is 5. The molecule has 0 radical (unpaired) electrons. The number of carbonyl (C=O) groups excluding carboxylic acids is 1. The summed E-state index contributed by atoms with van der Waals surface area (Å²) in [7, 11) is 0. The minimum absolute atomic E-state index is 0.0544. The first-order chi connectivity index (χ1) is 16.5. The van der Waals surface area contributed by atoms with Crippen LogP contribution in [-0.2, 0) is 6.54 Å². The Bertz CT molecular complexity index is 1460. The monoisotopic (exact) mass is 472 g/mol. The molecule has 0 aliphatic rings. The Morgan fingerprint density at radius 1 is 1.14 bits per heavy atom. The summed E-state index contributed by atoms with van der Waals surface area (Å²) in [4.78, 5) is 25.4. The van der Waals surface area contributed by atoms with Crippen molar-refractivity contribution in [3.63, 3.8) is 0 Å². The minimum atomic E-state index is -0.324. The van der Waals surface area contributed by atoms with E-state index >= 15 is 0 Å². The third kappa shape index (κ3) is 4.69. The van der Waals surface area contributed by atoms with Crippen LogP contribution < -0.4 is 16.6 Å². The summed E-state index contributed by atoms with van der Waals surface area (Å²) in [5.74, 6) is 0.126. The van der Waals surface area contributed by atoms with Crippen molar-refractivity contribution in [2.75, 3.05) is 5.73 Å². The van der Waals surface area contributed by atoms with Crippen LogP contribution in [0.4, 0.5) is 5.82 Å². The zero-order valence-electron chi connectivity index (χ0n) is 21.1. The fourth-order valence-electron chi connectivity index (χ4n) is 4.00. The number of nitrogen functional groups attached to an aromatic ring is 1. The predicted octanol–water partition coefficient (Wildman–Crippen LogP) is 4.52. The molecule has 2 aromatic carbocycles. The van der Waals surface area contributed by atoms with E-state index in [9.17, 15) is 9.59 Å². The van der Waals surface area contributed by atoms with E-state index in [0.29, 0.717) is 28.7 Å². The summed E-state index contributed by atoms with van der Waals surface area (Å²) in [6, 6.07) is 13.5. The van der Waals surface area contributed by atoms with Gasteiger partial charge in [0.1, 0.15) is 11.2 Å². The molecule has 8 nitrogen and oxygen atoms in total. The quantitative estimate of drug-likeness (QED) is 0.394. The highest BCUT2D eigenvalue weighted by atomic mass is 16.1. The molecule has 0 saturated heterocycles. The molecule has 4 N–H and O–H groups in total. The number of nitrogens with zero attached hydrogens (tertiary/aromatic N) is 3. The van der Waals surface area contributed by atoms with Crippen molar-refractivity contribution in [2.45, 2.75) is 54.1 Å². The van der Waals surface area contributed by atoms with Gasteiger partial charge in [0.05, 0.1) is 11.4 Å². The van der Waals surface area contributed by atoms with Crippen molar-refractivity contribution in [3.8, 4) is 11.3 Å². The van der Waals surface area contributed by atoms with Crippen molar-refractivity contribution in [1.29, 1.82) is 0 Å². The maximum atomic E-state index is 12.7. The van der Waals surface area contributed by atoms with Crippen LogP contribution >= 0.6 is 0 Å². The van der Waals surface area contributed by atoms with Crippen molar-refractivity contribution < 1.29 is 4.79 Å². The molecule has 4 aromatic rings. The molecule has 4 rings (SSSR count). The van der Waals surface area contributed by atoms with Crippen molar-refractivity contribution >= 4 is 22.6 Å². The number of nitrogens with one attached hydrogen (secondary N) is 2. The molecule has 8 heteroatoms. The Kier molecular flexibility index (Phi) is 6.23. The average molecular weight is 473 g/mol. The largest absolute Gasteiger partial charge is 0.382 e. The van der Waals surface area contributed by atoms with Crippen LogP contribution in [0.2, 0.25) is 0 Å². The Morgan fingerprint density at radius 3 is 2.49 bits per heavy atom. The van der Waals surface area contributed by atoms with E-state index in [2.05, 4.69) is 36.3 Å². The molecule has 2 heterocycles. The van der Waals surface area contributed by atoms with Gasteiger partial charge >= 0.3 is 0 Å². The lowest BCUT2D eigenvalue weighted by atomic mass is 9.88. The van der Waals surface area contributed by atoms with E-state index in [0.717, 1.165) is 22.3 Å². The number of hydrogen-bond donors (Lipinski definition) is 3. The van der Waals surface area contributed by atoms with Crippen LogP contribution in [0, 0.1) is 19.3 Å². The zero-order valence-corrected chi connectivity index (χ0v) is 21.1. The van der Waals surface area contributed by atoms with Crippen molar-refractivity contribution in [3.05, 3.63) is 75.1 Å². The summed E-state index contributed by atoms with van der Waals surface area (Å²) in [6.45, 7) is 12.6. The molecular formula is C27H32N6O2. The van der Waals surface area contributed by atoms with Gasteiger partial charge in [0, 0.05) is 17.7 Å². The molecule has 2 aromatic heterocycles. The third-order valence-corrected chi connectivity index (χ3v) is 6.60. The molecule has 0 fully saturated rings. The lowest BCUT2D eigenvalue weighted by molar-refractivity contribution is 0.0950. The van der Waals surface area contributed by atoms with Gasteiger partial charge < -0.3 is 11.1 Å². The van der Waals surface area contributed by atoms with Gasteiger partial charge in [-0.15, -0.1) is 0 Å². The number of carbonyl (C=O) groups is 1. The number of anilines is 1. The highest BCUT2D eigenvalue weighted by Crippen LogP contribution is 2.36. The van der Waals surface area contributed by atoms with E-state index in [4.69, 9.17) is 10.8 Å². The van der Waals surface area contributed by atoms with Gasteiger partial charge in [-0.2, -0.15) is 10.2 Å². The number of benzene rings is 2. The summed E-state index contributed by atoms with van der Waals surface area (Å²) >= 11 is 0. The third-order valence-electron chi connectivity index (χ3n) is 6.60. The SMILES string of the molecule is Cc1ccc(C)c(C(=O)NCc2ccc(-c3nn(C(C)C(C)(C)C)c4c(=O)[nH]nc(N)c34)cc2)c1. The van der Waals surface area contributed by atoms with Crippen LogP contribution in [0.15, 0.2) is 47.3 Å². The predicted molar refractivity (Wildman–Crippen MR) is 139 cm³/mol. The highest BCUT2D eigenvalue weighted by molar-refractivity contribution is 5.99. The van der Waals surface area contributed by atoms with Crippen LogP contribution in [0.25, 0.3) is 22.2 Å². The number of aromatic amines is 1. The van der Waals surface area contributed by atoms with Gasteiger partial charge in [-0.05, 0) is 43.4 Å². The summed E-state index contributed by atoms with van der Waals surface area (Å²) < 4.78 is 1.75. The molecule has 1 unspecified atom stereocenters. The average Bonchev–Trinajstić information content (AvgIpc) is 3.22. The van der Waals surface area contributed by atoms with Gasteiger partial charge in [-0.1, -0.05) is 62.7 Å². The number of aryl methyl sites for hydroxylation is 2. The van der Waals surface area contributed by atoms with E-state index < -0.39 is 0 Å². The Labute approximate surface area is 204 Å². The minimum Gasteiger partial charge on any atom is -0.382 e. The number of nitrogens with two attached hydrogens (primary N) is 1. The molecule has 35 heavy (non-hydrogen) atoms. The summed E-state index contributed by atoms with van der Waals surface area (Å²) in [5, 5.41) is 14.8. The van der Waals surface area contributed by atoms with Crippen LogP contribution in [-0.4, -0.2) is 25.9 Å². The molecule has 0 aliphatic carbocycles.